The molecule has 0 fully saturated rings. The van der Waals surface area contributed by atoms with Crippen LogP contribution in [0.2, 0.25) is 0 Å². The standard InChI is InChI=1S/C26H26N4O3/c1-32-21-12-13-24(33-2)20(17-21)18-27-29-26(31)14-15-30-23-11-7-6-10-22(23)28-25(30)16-19-8-4-3-5-9-19/h3-13,17-18H,14-16H2,1-2H3,(H,29,31)/b27-18+. The number of hydrazone groups is 1. The summed E-state index contributed by atoms with van der Waals surface area (Å²) >= 11 is 0. The number of para-hydroxylation sites is 2. The third-order valence-electron chi connectivity index (χ3n) is 5.33. The van der Waals surface area contributed by atoms with E-state index in [1.807, 2.05) is 42.5 Å². The van der Waals surface area contributed by atoms with E-state index in [1.54, 1.807) is 38.6 Å². The van der Waals surface area contributed by atoms with E-state index in [9.17, 15) is 4.79 Å². The summed E-state index contributed by atoms with van der Waals surface area (Å²) in [6, 6.07) is 23.6. The first-order valence-corrected chi connectivity index (χ1v) is 10.7. The van der Waals surface area contributed by atoms with E-state index in [0.29, 0.717) is 30.0 Å². The van der Waals surface area contributed by atoms with Crippen LogP contribution in [0.5, 0.6) is 11.5 Å². The van der Waals surface area contributed by atoms with Gasteiger partial charge in [0.15, 0.2) is 0 Å². The van der Waals surface area contributed by atoms with E-state index >= 15 is 0 Å². The number of carbonyl (C=O) groups excluding carboxylic acids is 1. The molecular formula is C26H26N4O3. The number of carbonyl (C=O) groups is 1. The fraction of sp³-hybridized carbons (Fsp3) is 0.192. The third kappa shape index (κ3) is 5.38. The lowest BCUT2D eigenvalue weighted by Crippen LogP contribution is -2.20. The van der Waals surface area contributed by atoms with E-state index in [1.165, 1.54) is 5.56 Å². The van der Waals surface area contributed by atoms with Crippen molar-refractivity contribution < 1.29 is 14.3 Å². The summed E-state index contributed by atoms with van der Waals surface area (Å²) in [6.07, 6.45) is 2.52. The molecule has 0 atom stereocenters. The fourth-order valence-electron chi connectivity index (χ4n) is 3.67. The van der Waals surface area contributed by atoms with Gasteiger partial charge in [-0.3, -0.25) is 4.79 Å². The number of nitrogens with zero attached hydrogens (tertiary/aromatic N) is 3. The van der Waals surface area contributed by atoms with E-state index in [2.05, 4.69) is 27.2 Å². The number of nitrogens with one attached hydrogen (secondary N) is 1. The lowest BCUT2D eigenvalue weighted by molar-refractivity contribution is -0.121. The van der Waals surface area contributed by atoms with Gasteiger partial charge in [0, 0.05) is 24.9 Å². The van der Waals surface area contributed by atoms with Crippen molar-refractivity contribution in [2.45, 2.75) is 19.4 Å². The van der Waals surface area contributed by atoms with Crippen LogP contribution in [0, 0.1) is 0 Å². The molecule has 7 nitrogen and oxygen atoms in total. The SMILES string of the molecule is COc1ccc(OC)c(/C=N/NC(=O)CCn2c(Cc3ccccc3)nc3ccccc32)c1. The molecule has 0 aliphatic carbocycles. The number of fused-ring (bicyclic) bond motifs is 1. The van der Waals surface area contributed by atoms with E-state index in [0.717, 1.165) is 16.9 Å². The molecule has 1 aromatic heterocycles. The average molecular weight is 443 g/mol. The zero-order chi connectivity index (χ0) is 23.0. The second-order valence-electron chi connectivity index (χ2n) is 7.48. The number of hydrogen-bond acceptors (Lipinski definition) is 5. The van der Waals surface area contributed by atoms with Gasteiger partial charge in [-0.1, -0.05) is 42.5 Å². The van der Waals surface area contributed by atoms with Crippen LogP contribution < -0.4 is 14.9 Å². The second-order valence-corrected chi connectivity index (χ2v) is 7.48. The van der Waals surface area contributed by atoms with Crippen LogP contribution in [0.3, 0.4) is 0 Å². The maximum Gasteiger partial charge on any atom is 0.241 e. The Morgan fingerprint density at radius 3 is 2.61 bits per heavy atom. The summed E-state index contributed by atoms with van der Waals surface area (Å²) in [7, 11) is 3.18. The van der Waals surface area contributed by atoms with Crippen LogP contribution in [0.25, 0.3) is 11.0 Å². The Kier molecular flexibility index (Phi) is 6.99. The molecule has 1 amide bonds. The smallest absolute Gasteiger partial charge is 0.241 e. The Bertz CT molecular complexity index is 1270. The van der Waals surface area contributed by atoms with Crippen LogP contribution in [0.4, 0.5) is 0 Å². The molecule has 1 N–H and O–H groups in total. The number of hydrogen-bond donors (Lipinski definition) is 1. The van der Waals surface area contributed by atoms with Gasteiger partial charge in [-0.25, -0.2) is 10.4 Å². The minimum absolute atomic E-state index is 0.184. The van der Waals surface area contributed by atoms with E-state index < -0.39 is 0 Å². The summed E-state index contributed by atoms with van der Waals surface area (Å²) in [5.74, 6) is 2.07. The van der Waals surface area contributed by atoms with Gasteiger partial charge in [0.05, 0.1) is 31.5 Å². The molecule has 0 bridgehead atoms. The van der Waals surface area contributed by atoms with Gasteiger partial charge in [0.1, 0.15) is 17.3 Å². The summed E-state index contributed by atoms with van der Waals surface area (Å²) in [5.41, 5.74) is 6.43. The lowest BCUT2D eigenvalue weighted by Gasteiger charge is -2.09. The predicted molar refractivity (Wildman–Crippen MR) is 129 cm³/mol. The molecule has 0 aliphatic rings. The number of aryl methyl sites for hydroxylation is 1. The van der Waals surface area contributed by atoms with Crippen molar-refractivity contribution >= 4 is 23.2 Å². The maximum atomic E-state index is 12.5. The highest BCUT2D eigenvalue weighted by atomic mass is 16.5. The van der Waals surface area contributed by atoms with Gasteiger partial charge >= 0.3 is 0 Å². The Hall–Kier alpha value is -4.13. The molecule has 4 rings (SSSR count). The summed E-state index contributed by atoms with van der Waals surface area (Å²) in [5, 5.41) is 4.09. The summed E-state index contributed by atoms with van der Waals surface area (Å²) < 4.78 is 12.7. The zero-order valence-electron chi connectivity index (χ0n) is 18.7. The normalized spacial score (nSPS) is 11.1. The van der Waals surface area contributed by atoms with Gasteiger partial charge in [-0.15, -0.1) is 0 Å². The number of amides is 1. The van der Waals surface area contributed by atoms with Crippen molar-refractivity contribution in [3.05, 3.63) is 89.7 Å². The first-order valence-electron chi connectivity index (χ1n) is 10.7. The van der Waals surface area contributed by atoms with Crippen molar-refractivity contribution in [3.8, 4) is 11.5 Å². The molecule has 3 aromatic carbocycles. The molecule has 0 aliphatic heterocycles. The monoisotopic (exact) mass is 442 g/mol. The van der Waals surface area contributed by atoms with Crippen molar-refractivity contribution in [2.75, 3.05) is 14.2 Å². The largest absolute Gasteiger partial charge is 0.497 e. The highest BCUT2D eigenvalue weighted by Gasteiger charge is 2.12. The summed E-state index contributed by atoms with van der Waals surface area (Å²) in [6.45, 7) is 0.506. The number of rotatable bonds is 9. The van der Waals surface area contributed by atoms with Crippen molar-refractivity contribution in [2.24, 2.45) is 5.10 Å². The first-order chi connectivity index (χ1) is 16.2. The molecule has 0 radical (unpaired) electrons. The molecule has 0 saturated heterocycles. The molecule has 4 aromatic rings. The molecule has 1 heterocycles. The Morgan fingerprint density at radius 2 is 1.82 bits per heavy atom. The van der Waals surface area contributed by atoms with E-state index in [4.69, 9.17) is 14.5 Å². The molecule has 33 heavy (non-hydrogen) atoms. The lowest BCUT2D eigenvalue weighted by atomic mass is 10.1. The van der Waals surface area contributed by atoms with Gasteiger partial charge in [-0.2, -0.15) is 5.10 Å². The number of methoxy groups -OCH3 is 2. The molecule has 0 unspecified atom stereocenters. The number of imidazole rings is 1. The van der Waals surface area contributed by atoms with Gasteiger partial charge in [-0.05, 0) is 35.9 Å². The molecule has 168 valence electrons. The minimum Gasteiger partial charge on any atom is -0.497 e. The third-order valence-corrected chi connectivity index (χ3v) is 5.33. The Labute approximate surface area is 192 Å². The van der Waals surface area contributed by atoms with Crippen LogP contribution >= 0.6 is 0 Å². The van der Waals surface area contributed by atoms with Crippen LogP contribution in [0.15, 0.2) is 77.9 Å². The van der Waals surface area contributed by atoms with Crippen LogP contribution in [0.1, 0.15) is 23.4 Å². The summed E-state index contributed by atoms with van der Waals surface area (Å²) in [4.78, 5) is 17.3. The number of benzene rings is 3. The highest BCUT2D eigenvalue weighted by Crippen LogP contribution is 2.22. The fourth-order valence-corrected chi connectivity index (χ4v) is 3.67. The predicted octanol–water partition coefficient (Wildman–Crippen LogP) is 4.18. The average Bonchev–Trinajstić information content (AvgIpc) is 3.20. The van der Waals surface area contributed by atoms with Gasteiger partial charge in [0.2, 0.25) is 5.91 Å². The van der Waals surface area contributed by atoms with Crippen molar-refractivity contribution in [1.82, 2.24) is 15.0 Å². The molecular weight excluding hydrogens is 416 g/mol. The Balaban J connectivity index is 1.45. The van der Waals surface area contributed by atoms with Crippen LogP contribution in [-0.2, 0) is 17.8 Å². The first kappa shape index (κ1) is 22.1. The Morgan fingerprint density at radius 1 is 1.03 bits per heavy atom. The minimum atomic E-state index is -0.184. The second kappa shape index (κ2) is 10.5. The van der Waals surface area contributed by atoms with Gasteiger partial charge < -0.3 is 14.0 Å². The maximum absolute atomic E-state index is 12.5. The van der Waals surface area contributed by atoms with Crippen molar-refractivity contribution in [1.29, 1.82) is 0 Å². The van der Waals surface area contributed by atoms with Gasteiger partial charge in [0.25, 0.3) is 0 Å². The van der Waals surface area contributed by atoms with Crippen LogP contribution in [-0.4, -0.2) is 35.9 Å². The zero-order valence-corrected chi connectivity index (χ0v) is 18.7. The van der Waals surface area contributed by atoms with E-state index in [-0.39, 0.29) is 12.3 Å². The molecule has 7 heteroatoms. The highest BCUT2D eigenvalue weighted by molar-refractivity contribution is 5.86. The molecule has 0 spiro atoms. The van der Waals surface area contributed by atoms with Crippen molar-refractivity contribution in [3.63, 3.8) is 0 Å². The molecule has 0 saturated carbocycles. The number of ether oxygens (including phenoxy) is 2. The number of aromatic nitrogens is 2. The topological polar surface area (TPSA) is 77.7 Å². The quantitative estimate of drug-likeness (QED) is 0.312.